The lowest BCUT2D eigenvalue weighted by atomic mass is 9.93. The topological polar surface area (TPSA) is 72.3 Å². The van der Waals surface area contributed by atoms with Crippen LogP contribution >= 0.6 is 0 Å². The number of rotatable bonds is 3. The summed E-state index contributed by atoms with van der Waals surface area (Å²) in [5, 5.41) is 0. The summed E-state index contributed by atoms with van der Waals surface area (Å²) in [6.07, 6.45) is 2.29. The molecule has 0 bridgehead atoms. The van der Waals surface area contributed by atoms with E-state index in [1.165, 1.54) is 6.42 Å². The van der Waals surface area contributed by atoms with Crippen molar-refractivity contribution in [2.45, 2.75) is 25.8 Å². The molecule has 1 saturated heterocycles. The summed E-state index contributed by atoms with van der Waals surface area (Å²) in [7, 11) is 0. The lowest BCUT2D eigenvalue weighted by molar-refractivity contribution is -0.120. The number of primary amides is 1. The zero-order chi connectivity index (χ0) is 9.84. The van der Waals surface area contributed by atoms with Gasteiger partial charge >= 0.3 is 0 Å². The van der Waals surface area contributed by atoms with Crippen LogP contribution in [-0.2, 0) is 4.79 Å². The molecule has 4 N–H and O–H groups in total. The molecule has 2 atom stereocenters. The number of piperidine rings is 1. The summed E-state index contributed by atoms with van der Waals surface area (Å²) in [6.45, 7) is 4.13. The highest BCUT2D eigenvalue weighted by Crippen LogP contribution is 2.20. The van der Waals surface area contributed by atoms with Gasteiger partial charge in [-0.25, -0.2) is 0 Å². The van der Waals surface area contributed by atoms with Crippen molar-refractivity contribution < 1.29 is 4.79 Å². The fourth-order valence-electron chi connectivity index (χ4n) is 1.88. The van der Waals surface area contributed by atoms with Crippen molar-refractivity contribution in [1.29, 1.82) is 0 Å². The minimum Gasteiger partial charge on any atom is -0.369 e. The van der Waals surface area contributed by atoms with Crippen molar-refractivity contribution in [2.75, 3.05) is 19.6 Å². The second-order valence-corrected chi connectivity index (χ2v) is 3.92. The molecule has 0 saturated carbocycles. The monoisotopic (exact) mass is 185 g/mol. The third-order valence-electron chi connectivity index (χ3n) is 2.80. The number of hydrogen-bond donors (Lipinski definition) is 2. The van der Waals surface area contributed by atoms with Crippen LogP contribution in [0.15, 0.2) is 0 Å². The molecule has 1 amide bonds. The van der Waals surface area contributed by atoms with Gasteiger partial charge in [0.2, 0.25) is 5.91 Å². The Bertz CT molecular complexity index is 184. The van der Waals surface area contributed by atoms with Crippen LogP contribution < -0.4 is 11.5 Å². The maximum atomic E-state index is 10.8. The van der Waals surface area contributed by atoms with Crippen molar-refractivity contribution >= 4 is 5.91 Å². The van der Waals surface area contributed by atoms with E-state index < -0.39 is 0 Å². The average Bonchev–Trinajstić information content (AvgIpc) is 2.08. The second kappa shape index (κ2) is 4.58. The SMILES string of the molecule is CC1CCC(CN)CN1CC(N)=O. The van der Waals surface area contributed by atoms with E-state index in [1.54, 1.807) is 0 Å². The van der Waals surface area contributed by atoms with Crippen molar-refractivity contribution in [1.82, 2.24) is 4.90 Å². The van der Waals surface area contributed by atoms with E-state index in [0.717, 1.165) is 13.0 Å². The van der Waals surface area contributed by atoms with Crippen LogP contribution in [0.3, 0.4) is 0 Å². The van der Waals surface area contributed by atoms with Crippen LogP contribution in [0.25, 0.3) is 0 Å². The van der Waals surface area contributed by atoms with E-state index in [1.807, 2.05) is 0 Å². The molecule has 1 aliphatic heterocycles. The van der Waals surface area contributed by atoms with Gasteiger partial charge in [-0.1, -0.05) is 0 Å². The molecule has 4 nitrogen and oxygen atoms in total. The average molecular weight is 185 g/mol. The molecule has 0 aromatic heterocycles. The number of nitrogens with zero attached hydrogens (tertiary/aromatic N) is 1. The molecule has 76 valence electrons. The van der Waals surface area contributed by atoms with Gasteiger partial charge in [-0.15, -0.1) is 0 Å². The first kappa shape index (κ1) is 10.5. The van der Waals surface area contributed by atoms with Crippen molar-refractivity contribution in [3.05, 3.63) is 0 Å². The normalized spacial score (nSPS) is 30.3. The van der Waals surface area contributed by atoms with Crippen molar-refractivity contribution in [3.8, 4) is 0 Å². The standard InChI is InChI=1S/C9H19N3O/c1-7-2-3-8(4-10)5-12(7)6-9(11)13/h7-8H,2-6,10H2,1H3,(H2,11,13). The third-order valence-corrected chi connectivity index (χ3v) is 2.80. The Balaban J connectivity index is 2.44. The van der Waals surface area contributed by atoms with Crippen LogP contribution in [0.1, 0.15) is 19.8 Å². The van der Waals surface area contributed by atoms with E-state index in [9.17, 15) is 4.79 Å². The number of nitrogens with two attached hydrogens (primary N) is 2. The van der Waals surface area contributed by atoms with Gasteiger partial charge in [-0.05, 0) is 32.2 Å². The van der Waals surface area contributed by atoms with Crippen LogP contribution in [0.2, 0.25) is 0 Å². The summed E-state index contributed by atoms with van der Waals surface area (Å²) in [5.41, 5.74) is 10.8. The highest BCUT2D eigenvalue weighted by molar-refractivity contribution is 5.75. The zero-order valence-electron chi connectivity index (χ0n) is 8.20. The van der Waals surface area contributed by atoms with Crippen LogP contribution in [-0.4, -0.2) is 36.5 Å². The molecule has 0 aliphatic carbocycles. The summed E-state index contributed by atoms with van der Waals surface area (Å²) < 4.78 is 0. The molecule has 1 aliphatic rings. The molecule has 1 rings (SSSR count). The minimum absolute atomic E-state index is 0.246. The van der Waals surface area contributed by atoms with Crippen molar-refractivity contribution in [3.63, 3.8) is 0 Å². The fraction of sp³-hybridized carbons (Fsp3) is 0.889. The molecule has 2 unspecified atom stereocenters. The maximum Gasteiger partial charge on any atom is 0.231 e. The Morgan fingerprint density at radius 1 is 1.54 bits per heavy atom. The molecule has 13 heavy (non-hydrogen) atoms. The van der Waals surface area contributed by atoms with E-state index in [-0.39, 0.29) is 5.91 Å². The van der Waals surface area contributed by atoms with Gasteiger partial charge in [0.25, 0.3) is 0 Å². The van der Waals surface area contributed by atoms with E-state index >= 15 is 0 Å². The first-order valence-electron chi connectivity index (χ1n) is 4.86. The number of likely N-dealkylation sites (tertiary alicyclic amines) is 1. The predicted octanol–water partition coefficient (Wildman–Crippen LogP) is -0.469. The first-order chi connectivity index (χ1) is 6.13. The van der Waals surface area contributed by atoms with E-state index in [2.05, 4.69) is 11.8 Å². The molecule has 0 spiro atoms. The Morgan fingerprint density at radius 3 is 2.77 bits per heavy atom. The van der Waals surface area contributed by atoms with E-state index in [0.29, 0.717) is 25.0 Å². The van der Waals surface area contributed by atoms with E-state index in [4.69, 9.17) is 11.5 Å². The summed E-state index contributed by atoms with van der Waals surface area (Å²) in [6, 6.07) is 0.468. The predicted molar refractivity (Wildman–Crippen MR) is 52.0 cm³/mol. The molecule has 0 aromatic carbocycles. The maximum absolute atomic E-state index is 10.8. The molecule has 1 heterocycles. The van der Waals surface area contributed by atoms with Crippen LogP contribution in [0, 0.1) is 5.92 Å². The summed E-state index contributed by atoms with van der Waals surface area (Å²) in [5.74, 6) is 0.292. The Morgan fingerprint density at radius 2 is 2.23 bits per heavy atom. The first-order valence-corrected chi connectivity index (χ1v) is 4.86. The van der Waals surface area contributed by atoms with Gasteiger partial charge in [-0.2, -0.15) is 0 Å². The highest BCUT2D eigenvalue weighted by Gasteiger charge is 2.25. The largest absolute Gasteiger partial charge is 0.369 e. The Kier molecular flexibility index (Phi) is 3.69. The van der Waals surface area contributed by atoms with Gasteiger partial charge in [0.15, 0.2) is 0 Å². The van der Waals surface area contributed by atoms with Gasteiger partial charge in [-0.3, -0.25) is 9.69 Å². The fourth-order valence-corrected chi connectivity index (χ4v) is 1.88. The molecular weight excluding hydrogens is 166 g/mol. The molecular formula is C9H19N3O. The summed E-state index contributed by atoms with van der Waals surface area (Å²) >= 11 is 0. The lowest BCUT2D eigenvalue weighted by Gasteiger charge is -2.36. The summed E-state index contributed by atoms with van der Waals surface area (Å²) in [4.78, 5) is 12.9. The quantitative estimate of drug-likeness (QED) is 0.624. The number of hydrogen-bond acceptors (Lipinski definition) is 3. The van der Waals surface area contributed by atoms with Crippen molar-refractivity contribution in [2.24, 2.45) is 17.4 Å². The van der Waals surface area contributed by atoms with Gasteiger partial charge < -0.3 is 11.5 Å². The van der Waals surface area contributed by atoms with Crippen LogP contribution in [0.4, 0.5) is 0 Å². The van der Waals surface area contributed by atoms with Crippen LogP contribution in [0.5, 0.6) is 0 Å². The van der Waals surface area contributed by atoms with Gasteiger partial charge in [0, 0.05) is 12.6 Å². The number of amides is 1. The number of carbonyl (C=O) groups excluding carboxylic acids is 1. The third kappa shape index (κ3) is 2.97. The Hall–Kier alpha value is -0.610. The lowest BCUT2D eigenvalue weighted by Crippen LogP contribution is -2.47. The minimum atomic E-state index is -0.246. The molecule has 0 radical (unpaired) electrons. The molecule has 1 fully saturated rings. The molecule has 0 aromatic rings. The second-order valence-electron chi connectivity index (χ2n) is 3.92. The zero-order valence-corrected chi connectivity index (χ0v) is 8.20. The smallest absolute Gasteiger partial charge is 0.231 e. The molecule has 4 heteroatoms. The van der Waals surface area contributed by atoms with Gasteiger partial charge in [0.1, 0.15) is 0 Å². The van der Waals surface area contributed by atoms with Gasteiger partial charge in [0.05, 0.1) is 6.54 Å². The number of carbonyl (C=O) groups is 1. The highest BCUT2D eigenvalue weighted by atomic mass is 16.1. The Labute approximate surface area is 79.3 Å².